The second kappa shape index (κ2) is 6.28. The van der Waals surface area contributed by atoms with E-state index < -0.39 is 0 Å². The van der Waals surface area contributed by atoms with Crippen molar-refractivity contribution in [3.05, 3.63) is 71.9 Å². The first-order valence-corrected chi connectivity index (χ1v) is 8.16. The molecular formula is C19H19N5. The van der Waals surface area contributed by atoms with Crippen LogP contribution < -0.4 is 10.2 Å². The van der Waals surface area contributed by atoms with Gasteiger partial charge in [-0.25, -0.2) is 0 Å². The zero-order valence-corrected chi connectivity index (χ0v) is 13.6. The van der Waals surface area contributed by atoms with Crippen molar-refractivity contribution in [2.75, 3.05) is 10.2 Å². The van der Waals surface area contributed by atoms with Crippen molar-refractivity contribution < 1.29 is 0 Å². The summed E-state index contributed by atoms with van der Waals surface area (Å²) in [5, 5.41) is 11.7. The molecule has 0 amide bonds. The highest BCUT2D eigenvalue weighted by Gasteiger charge is 2.29. The van der Waals surface area contributed by atoms with E-state index in [9.17, 15) is 0 Å². The molecule has 4 rings (SSSR count). The number of aromatic nitrogens is 3. The maximum atomic E-state index is 4.66. The van der Waals surface area contributed by atoms with Gasteiger partial charge in [-0.2, -0.15) is 10.1 Å². The van der Waals surface area contributed by atoms with Crippen LogP contribution in [0.5, 0.6) is 0 Å². The molecule has 1 atom stereocenters. The molecule has 0 fully saturated rings. The Morgan fingerprint density at radius 1 is 1.08 bits per heavy atom. The number of rotatable bonds is 4. The van der Waals surface area contributed by atoms with E-state index in [0.717, 1.165) is 12.2 Å². The standard InChI is InChI=1S/C19H19N5/c1-14-11-16-9-5-6-10-17(16)24(14)19-22-18(13-21-23-19)20-12-15-7-3-2-4-8-15/h2-10,13-14H,11-12H2,1H3,(H,20,22,23). The molecule has 1 N–H and O–H groups in total. The van der Waals surface area contributed by atoms with E-state index in [1.807, 2.05) is 18.2 Å². The first-order chi connectivity index (χ1) is 11.8. The van der Waals surface area contributed by atoms with E-state index in [1.54, 1.807) is 6.20 Å². The quantitative estimate of drug-likeness (QED) is 0.797. The molecule has 1 aliphatic heterocycles. The molecule has 1 aromatic heterocycles. The van der Waals surface area contributed by atoms with Gasteiger partial charge in [0.25, 0.3) is 5.95 Å². The Bertz CT molecular complexity index is 834. The van der Waals surface area contributed by atoms with Crippen LogP contribution in [0.15, 0.2) is 60.8 Å². The Morgan fingerprint density at radius 3 is 2.75 bits per heavy atom. The van der Waals surface area contributed by atoms with Crippen molar-refractivity contribution in [3.8, 4) is 0 Å². The van der Waals surface area contributed by atoms with Crippen molar-refractivity contribution in [3.63, 3.8) is 0 Å². The van der Waals surface area contributed by atoms with Gasteiger partial charge in [-0.3, -0.25) is 0 Å². The summed E-state index contributed by atoms with van der Waals surface area (Å²) < 4.78 is 0. The maximum absolute atomic E-state index is 4.66. The third-order valence-electron chi connectivity index (χ3n) is 4.29. The fourth-order valence-electron chi connectivity index (χ4n) is 3.14. The molecule has 24 heavy (non-hydrogen) atoms. The molecule has 2 aromatic carbocycles. The summed E-state index contributed by atoms with van der Waals surface area (Å²) in [6.45, 7) is 2.90. The zero-order valence-electron chi connectivity index (χ0n) is 13.6. The van der Waals surface area contributed by atoms with Gasteiger partial charge in [0.15, 0.2) is 5.82 Å². The lowest BCUT2D eigenvalue weighted by molar-refractivity contribution is 0.729. The van der Waals surface area contributed by atoms with E-state index in [4.69, 9.17) is 0 Å². The summed E-state index contributed by atoms with van der Waals surface area (Å²) in [6.07, 6.45) is 2.67. The molecule has 2 heterocycles. The molecule has 0 spiro atoms. The summed E-state index contributed by atoms with van der Waals surface area (Å²) in [4.78, 5) is 6.82. The minimum absolute atomic E-state index is 0.327. The fourth-order valence-corrected chi connectivity index (χ4v) is 3.14. The van der Waals surface area contributed by atoms with Gasteiger partial charge < -0.3 is 10.2 Å². The van der Waals surface area contributed by atoms with Gasteiger partial charge in [0.05, 0.1) is 6.20 Å². The van der Waals surface area contributed by atoms with Crippen molar-refractivity contribution in [2.45, 2.75) is 25.9 Å². The predicted molar refractivity (Wildman–Crippen MR) is 95.3 cm³/mol. The second-order valence-corrected chi connectivity index (χ2v) is 6.03. The molecule has 5 nitrogen and oxygen atoms in total. The summed E-state index contributed by atoms with van der Waals surface area (Å²) >= 11 is 0. The van der Waals surface area contributed by atoms with Crippen molar-refractivity contribution in [1.82, 2.24) is 15.2 Å². The zero-order chi connectivity index (χ0) is 16.4. The van der Waals surface area contributed by atoms with Crippen molar-refractivity contribution in [1.29, 1.82) is 0 Å². The number of benzene rings is 2. The second-order valence-electron chi connectivity index (χ2n) is 6.03. The Kier molecular flexibility index (Phi) is 3.83. The lowest BCUT2D eigenvalue weighted by atomic mass is 10.1. The smallest absolute Gasteiger partial charge is 0.252 e. The number of anilines is 3. The Balaban J connectivity index is 1.57. The number of hydrogen-bond acceptors (Lipinski definition) is 5. The monoisotopic (exact) mass is 317 g/mol. The third kappa shape index (κ3) is 2.80. The number of nitrogens with zero attached hydrogens (tertiary/aromatic N) is 4. The SMILES string of the molecule is CC1Cc2ccccc2N1c1nncc(NCc2ccccc2)n1. The predicted octanol–water partition coefficient (Wildman–Crippen LogP) is 3.57. The van der Waals surface area contributed by atoms with Crippen LogP contribution in [-0.4, -0.2) is 21.2 Å². The van der Waals surface area contributed by atoms with E-state index in [-0.39, 0.29) is 0 Å². The lowest BCUT2D eigenvalue weighted by Gasteiger charge is -2.22. The molecule has 0 aliphatic carbocycles. The molecule has 1 unspecified atom stereocenters. The molecule has 0 bridgehead atoms. The highest BCUT2D eigenvalue weighted by Crippen LogP contribution is 2.36. The number of hydrogen-bond donors (Lipinski definition) is 1. The minimum atomic E-state index is 0.327. The van der Waals surface area contributed by atoms with E-state index in [0.29, 0.717) is 18.5 Å². The third-order valence-corrected chi connectivity index (χ3v) is 4.29. The van der Waals surface area contributed by atoms with Crippen molar-refractivity contribution in [2.24, 2.45) is 0 Å². The number of fused-ring (bicyclic) bond motifs is 1. The Morgan fingerprint density at radius 2 is 1.88 bits per heavy atom. The van der Waals surface area contributed by atoms with E-state index in [1.165, 1.54) is 16.8 Å². The summed E-state index contributed by atoms with van der Waals surface area (Å²) in [6, 6.07) is 19.0. The highest BCUT2D eigenvalue weighted by atomic mass is 15.4. The van der Waals surface area contributed by atoms with Crippen LogP contribution in [-0.2, 0) is 13.0 Å². The first-order valence-electron chi connectivity index (χ1n) is 8.16. The average molecular weight is 317 g/mol. The molecular weight excluding hydrogens is 298 g/mol. The minimum Gasteiger partial charge on any atom is -0.365 e. The Labute approximate surface area is 141 Å². The molecule has 5 heteroatoms. The van der Waals surface area contributed by atoms with E-state index >= 15 is 0 Å². The van der Waals surface area contributed by atoms with Gasteiger partial charge in [0.2, 0.25) is 0 Å². The topological polar surface area (TPSA) is 53.9 Å². The molecule has 120 valence electrons. The largest absolute Gasteiger partial charge is 0.365 e. The van der Waals surface area contributed by atoms with Gasteiger partial charge >= 0.3 is 0 Å². The normalized spacial score (nSPS) is 16.0. The summed E-state index contributed by atoms with van der Waals surface area (Å²) in [7, 11) is 0. The number of nitrogens with one attached hydrogen (secondary N) is 1. The summed E-state index contributed by atoms with van der Waals surface area (Å²) in [5.74, 6) is 1.38. The maximum Gasteiger partial charge on any atom is 0.252 e. The van der Waals surface area contributed by atoms with Gasteiger partial charge in [0.1, 0.15) is 0 Å². The van der Waals surface area contributed by atoms with Gasteiger partial charge in [0, 0.05) is 18.3 Å². The molecule has 1 aliphatic rings. The molecule has 0 saturated carbocycles. The van der Waals surface area contributed by atoms with Crippen molar-refractivity contribution >= 4 is 17.5 Å². The van der Waals surface area contributed by atoms with E-state index in [2.05, 4.69) is 68.7 Å². The highest BCUT2D eigenvalue weighted by molar-refractivity contribution is 5.67. The van der Waals surface area contributed by atoms with Gasteiger partial charge in [-0.1, -0.05) is 48.5 Å². The Hall–Kier alpha value is -2.95. The molecule has 0 saturated heterocycles. The molecule has 3 aromatic rings. The van der Waals surface area contributed by atoms with Crippen LogP contribution >= 0.6 is 0 Å². The van der Waals surface area contributed by atoms with Gasteiger partial charge in [-0.15, -0.1) is 5.10 Å². The van der Waals surface area contributed by atoms with Crippen LogP contribution in [0.4, 0.5) is 17.5 Å². The fraction of sp³-hybridized carbons (Fsp3) is 0.211. The lowest BCUT2D eigenvalue weighted by Crippen LogP contribution is -2.26. The van der Waals surface area contributed by atoms with Crippen LogP contribution in [0, 0.1) is 0 Å². The van der Waals surface area contributed by atoms with Crippen LogP contribution in [0.3, 0.4) is 0 Å². The van der Waals surface area contributed by atoms with Crippen LogP contribution in [0.25, 0.3) is 0 Å². The van der Waals surface area contributed by atoms with Gasteiger partial charge in [-0.05, 0) is 30.5 Å². The number of para-hydroxylation sites is 1. The molecule has 0 radical (unpaired) electrons. The first kappa shape index (κ1) is 14.6. The van der Waals surface area contributed by atoms with Crippen LogP contribution in [0.1, 0.15) is 18.1 Å². The summed E-state index contributed by atoms with van der Waals surface area (Å²) in [5.41, 5.74) is 3.71. The average Bonchev–Trinajstić information content (AvgIpc) is 2.97. The van der Waals surface area contributed by atoms with Crippen LogP contribution in [0.2, 0.25) is 0 Å².